The highest BCUT2D eigenvalue weighted by Crippen LogP contribution is 2.44. The number of nitrogens with two attached hydrogens (primary N) is 1. The van der Waals surface area contributed by atoms with Crippen molar-refractivity contribution in [2.45, 2.75) is 45.2 Å². The Bertz CT molecular complexity index is 468. The maximum atomic E-state index is 6.18. The van der Waals surface area contributed by atoms with Gasteiger partial charge in [0.2, 0.25) is 0 Å². The van der Waals surface area contributed by atoms with E-state index in [2.05, 4.69) is 41.3 Å². The van der Waals surface area contributed by atoms with E-state index in [1.807, 2.05) is 11.3 Å². The average molecular weight is 277 g/mol. The molecule has 1 aromatic rings. The summed E-state index contributed by atoms with van der Waals surface area (Å²) in [7, 11) is 0. The Hall–Kier alpha value is -1.03. The van der Waals surface area contributed by atoms with Crippen LogP contribution in [0.1, 0.15) is 38.0 Å². The molecule has 2 N–H and O–H groups in total. The van der Waals surface area contributed by atoms with E-state index in [0.29, 0.717) is 5.92 Å². The van der Waals surface area contributed by atoms with Gasteiger partial charge in [0.25, 0.3) is 0 Å². The van der Waals surface area contributed by atoms with Crippen molar-refractivity contribution in [2.24, 2.45) is 22.6 Å². The average Bonchev–Trinajstić information content (AvgIpc) is 2.98. The van der Waals surface area contributed by atoms with Gasteiger partial charge in [-0.3, -0.25) is 4.99 Å². The van der Waals surface area contributed by atoms with E-state index >= 15 is 0 Å². The summed E-state index contributed by atoms with van der Waals surface area (Å²) < 4.78 is 0. The second kappa shape index (κ2) is 4.82. The van der Waals surface area contributed by atoms with Crippen LogP contribution in [0, 0.1) is 11.8 Å². The van der Waals surface area contributed by atoms with Gasteiger partial charge in [0.1, 0.15) is 0 Å². The first-order valence-corrected chi connectivity index (χ1v) is 8.10. The predicted octanol–water partition coefficient (Wildman–Crippen LogP) is 3.07. The Labute approximate surface area is 119 Å². The van der Waals surface area contributed by atoms with Gasteiger partial charge in [0, 0.05) is 4.88 Å². The Morgan fingerprint density at radius 1 is 1.53 bits per heavy atom. The second-order valence-electron chi connectivity index (χ2n) is 6.22. The van der Waals surface area contributed by atoms with Gasteiger partial charge in [-0.2, -0.15) is 0 Å². The number of guanidine groups is 1. The summed E-state index contributed by atoms with van der Waals surface area (Å²) in [4.78, 5) is 8.34. The van der Waals surface area contributed by atoms with Crippen molar-refractivity contribution in [2.75, 3.05) is 6.54 Å². The molecule has 3 rings (SSSR count). The van der Waals surface area contributed by atoms with E-state index < -0.39 is 0 Å². The molecule has 1 aliphatic carbocycles. The summed E-state index contributed by atoms with van der Waals surface area (Å²) in [6.45, 7) is 6.56. The molecule has 0 radical (unpaired) electrons. The number of nitrogens with zero attached hydrogens (tertiary/aromatic N) is 2. The summed E-state index contributed by atoms with van der Waals surface area (Å²) in [5, 5.41) is 2.14. The minimum atomic E-state index is 0.181. The molecular formula is C15H23N3S. The fourth-order valence-electron chi connectivity index (χ4n) is 3.73. The molecule has 1 aliphatic heterocycles. The minimum absolute atomic E-state index is 0.181. The highest BCUT2D eigenvalue weighted by atomic mass is 32.1. The van der Waals surface area contributed by atoms with E-state index in [1.165, 1.54) is 24.1 Å². The van der Waals surface area contributed by atoms with Crippen molar-refractivity contribution in [1.82, 2.24) is 4.90 Å². The zero-order chi connectivity index (χ0) is 13.5. The topological polar surface area (TPSA) is 41.6 Å². The maximum absolute atomic E-state index is 6.18. The van der Waals surface area contributed by atoms with Gasteiger partial charge in [-0.25, -0.2) is 0 Å². The largest absolute Gasteiger partial charge is 0.370 e. The smallest absolute Gasteiger partial charge is 0.192 e. The van der Waals surface area contributed by atoms with Crippen LogP contribution in [0.3, 0.4) is 0 Å². The summed E-state index contributed by atoms with van der Waals surface area (Å²) in [5.74, 6) is 2.25. The molecule has 104 valence electrons. The summed E-state index contributed by atoms with van der Waals surface area (Å²) >= 11 is 1.81. The summed E-state index contributed by atoms with van der Waals surface area (Å²) in [6.07, 6.45) is 3.82. The van der Waals surface area contributed by atoms with Crippen molar-refractivity contribution in [3.8, 4) is 0 Å². The molecule has 1 saturated carbocycles. The third kappa shape index (κ3) is 2.16. The molecule has 4 heteroatoms. The molecule has 19 heavy (non-hydrogen) atoms. The van der Waals surface area contributed by atoms with E-state index in [-0.39, 0.29) is 5.54 Å². The van der Waals surface area contributed by atoms with E-state index in [4.69, 9.17) is 5.73 Å². The first kappa shape index (κ1) is 13.0. The SMILES string of the molecule is CC1CCC2(CN=C(N)N2Cc2cccs2)C(C)C1. The van der Waals surface area contributed by atoms with E-state index in [9.17, 15) is 0 Å². The van der Waals surface area contributed by atoms with Gasteiger partial charge in [0.15, 0.2) is 5.96 Å². The van der Waals surface area contributed by atoms with Crippen LogP contribution in [0.5, 0.6) is 0 Å². The first-order valence-electron chi connectivity index (χ1n) is 7.22. The van der Waals surface area contributed by atoms with Crippen LogP contribution in [0.15, 0.2) is 22.5 Å². The highest BCUT2D eigenvalue weighted by molar-refractivity contribution is 7.09. The van der Waals surface area contributed by atoms with Crippen molar-refractivity contribution < 1.29 is 0 Å². The second-order valence-corrected chi connectivity index (χ2v) is 7.26. The molecule has 0 bridgehead atoms. The lowest BCUT2D eigenvalue weighted by atomic mass is 9.69. The number of rotatable bonds is 2. The van der Waals surface area contributed by atoms with E-state index in [0.717, 1.165) is 25.0 Å². The fourth-order valence-corrected chi connectivity index (χ4v) is 4.43. The van der Waals surface area contributed by atoms with Crippen molar-refractivity contribution in [3.63, 3.8) is 0 Å². The van der Waals surface area contributed by atoms with Crippen LogP contribution < -0.4 is 5.73 Å². The van der Waals surface area contributed by atoms with Crippen LogP contribution in [0.2, 0.25) is 0 Å². The van der Waals surface area contributed by atoms with Gasteiger partial charge in [-0.1, -0.05) is 19.9 Å². The lowest BCUT2D eigenvalue weighted by Gasteiger charge is -2.48. The van der Waals surface area contributed by atoms with Crippen molar-refractivity contribution in [1.29, 1.82) is 0 Å². The summed E-state index contributed by atoms with van der Waals surface area (Å²) in [5.41, 5.74) is 6.36. The molecule has 3 unspecified atom stereocenters. The third-order valence-electron chi connectivity index (χ3n) is 4.97. The molecule has 0 aromatic carbocycles. The molecule has 1 spiro atoms. The highest BCUT2D eigenvalue weighted by Gasteiger charge is 2.48. The third-order valence-corrected chi connectivity index (χ3v) is 5.83. The lowest BCUT2D eigenvalue weighted by molar-refractivity contribution is 0.0582. The summed E-state index contributed by atoms with van der Waals surface area (Å²) in [6, 6.07) is 4.31. The molecule has 2 heterocycles. The zero-order valence-corrected chi connectivity index (χ0v) is 12.6. The normalized spacial score (nSPS) is 34.8. The van der Waals surface area contributed by atoms with Crippen LogP contribution in [-0.4, -0.2) is 22.9 Å². The molecule has 1 fully saturated rings. The lowest BCUT2D eigenvalue weighted by Crippen LogP contribution is -2.57. The van der Waals surface area contributed by atoms with Gasteiger partial charge < -0.3 is 10.6 Å². The monoisotopic (exact) mass is 277 g/mol. The van der Waals surface area contributed by atoms with Gasteiger partial charge in [-0.15, -0.1) is 11.3 Å². The molecule has 3 atom stereocenters. The zero-order valence-electron chi connectivity index (χ0n) is 11.8. The molecule has 2 aliphatic rings. The molecule has 0 saturated heterocycles. The van der Waals surface area contributed by atoms with Crippen LogP contribution in [-0.2, 0) is 6.54 Å². The van der Waals surface area contributed by atoms with Crippen LogP contribution in [0.25, 0.3) is 0 Å². The Morgan fingerprint density at radius 2 is 2.37 bits per heavy atom. The number of hydrogen-bond acceptors (Lipinski definition) is 4. The van der Waals surface area contributed by atoms with Crippen LogP contribution in [0.4, 0.5) is 0 Å². The number of thiophene rings is 1. The van der Waals surface area contributed by atoms with Crippen molar-refractivity contribution in [3.05, 3.63) is 22.4 Å². The minimum Gasteiger partial charge on any atom is -0.370 e. The van der Waals surface area contributed by atoms with Gasteiger partial charge in [-0.05, 0) is 42.5 Å². The number of hydrogen-bond donors (Lipinski definition) is 1. The maximum Gasteiger partial charge on any atom is 0.192 e. The van der Waals surface area contributed by atoms with E-state index in [1.54, 1.807) is 0 Å². The Kier molecular flexibility index (Phi) is 3.29. The van der Waals surface area contributed by atoms with Crippen molar-refractivity contribution >= 4 is 17.3 Å². The standard InChI is InChI=1S/C15H23N3S/c1-11-5-6-15(12(2)8-11)10-17-14(16)18(15)9-13-4-3-7-19-13/h3-4,7,11-12H,5-6,8-10H2,1-2H3,(H2,16,17). The Morgan fingerprint density at radius 3 is 3.05 bits per heavy atom. The Balaban J connectivity index is 1.84. The number of aliphatic imine (C=N–C) groups is 1. The molecular weight excluding hydrogens is 254 g/mol. The predicted molar refractivity (Wildman–Crippen MR) is 81.3 cm³/mol. The van der Waals surface area contributed by atoms with Gasteiger partial charge in [0.05, 0.1) is 18.6 Å². The molecule has 3 nitrogen and oxygen atoms in total. The fraction of sp³-hybridized carbons (Fsp3) is 0.667. The molecule has 1 aromatic heterocycles. The van der Waals surface area contributed by atoms with Crippen LogP contribution >= 0.6 is 11.3 Å². The quantitative estimate of drug-likeness (QED) is 0.902. The first-order chi connectivity index (χ1) is 9.12. The van der Waals surface area contributed by atoms with Gasteiger partial charge >= 0.3 is 0 Å². The molecule has 0 amide bonds.